The molecule has 0 aliphatic carbocycles. The van der Waals surface area contributed by atoms with Gasteiger partial charge in [0.15, 0.2) is 0 Å². The fraction of sp³-hybridized carbons (Fsp3) is 0.714. The molecule has 0 aromatic heterocycles. The minimum absolute atomic E-state index is 0.412. The Balaban J connectivity index is 2.32. The fourth-order valence-electron chi connectivity index (χ4n) is 1.10. The molecule has 0 saturated carbocycles. The van der Waals surface area contributed by atoms with E-state index in [4.69, 9.17) is 4.74 Å². The highest BCUT2D eigenvalue weighted by molar-refractivity contribution is 4.99. The number of rotatable bonds is 2. The summed E-state index contributed by atoms with van der Waals surface area (Å²) in [5, 5.41) is 3.28. The third kappa shape index (κ3) is 1.45. The van der Waals surface area contributed by atoms with E-state index < -0.39 is 0 Å². The first-order valence-corrected chi connectivity index (χ1v) is 3.31. The molecule has 0 radical (unpaired) electrons. The van der Waals surface area contributed by atoms with E-state index in [0.717, 1.165) is 12.3 Å². The summed E-state index contributed by atoms with van der Waals surface area (Å²) in [6.45, 7) is 4.87. The Morgan fingerprint density at radius 2 is 2.56 bits per heavy atom. The first-order chi connectivity index (χ1) is 4.34. The molecule has 0 aromatic rings. The van der Waals surface area contributed by atoms with Crippen molar-refractivity contribution in [2.45, 2.75) is 18.9 Å². The van der Waals surface area contributed by atoms with E-state index in [-0.39, 0.29) is 0 Å². The molecule has 1 fully saturated rings. The fourth-order valence-corrected chi connectivity index (χ4v) is 1.10. The molecule has 2 nitrogen and oxygen atoms in total. The highest BCUT2D eigenvalue weighted by atomic mass is 16.5. The SMILES string of the molecule is C=C(OC)C1CCCN1. The maximum atomic E-state index is 4.98. The third-order valence-electron chi connectivity index (χ3n) is 1.71. The van der Waals surface area contributed by atoms with Crippen LogP contribution in [0.1, 0.15) is 12.8 Å². The topological polar surface area (TPSA) is 21.3 Å². The van der Waals surface area contributed by atoms with Gasteiger partial charge in [-0.05, 0) is 19.4 Å². The van der Waals surface area contributed by atoms with Crippen molar-refractivity contribution < 1.29 is 4.74 Å². The molecule has 0 spiro atoms. The van der Waals surface area contributed by atoms with Gasteiger partial charge in [0, 0.05) is 0 Å². The van der Waals surface area contributed by atoms with Crippen LogP contribution in [0.25, 0.3) is 0 Å². The Bertz CT molecular complexity index is 105. The lowest BCUT2D eigenvalue weighted by Crippen LogP contribution is -2.23. The van der Waals surface area contributed by atoms with Crippen LogP contribution in [0.5, 0.6) is 0 Å². The van der Waals surface area contributed by atoms with E-state index in [2.05, 4.69) is 11.9 Å². The molecule has 0 aromatic carbocycles. The first-order valence-electron chi connectivity index (χ1n) is 3.31. The normalized spacial score (nSPS) is 26.1. The van der Waals surface area contributed by atoms with Gasteiger partial charge in [0.1, 0.15) is 5.76 Å². The summed E-state index contributed by atoms with van der Waals surface area (Å²) in [4.78, 5) is 0. The highest BCUT2D eigenvalue weighted by Gasteiger charge is 2.16. The predicted molar refractivity (Wildman–Crippen MR) is 37.2 cm³/mol. The molecule has 1 unspecified atom stereocenters. The van der Waals surface area contributed by atoms with Crippen molar-refractivity contribution in [3.63, 3.8) is 0 Å². The molecule has 0 bridgehead atoms. The minimum atomic E-state index is 0.412. The van der Waals surface area contributed by atoms with Crippen molar-refractivity contribution in [3.8, 4) is 0 Å². The summed E-state index contributed by atoms with van der Waals surface area (Å²) in [5.41, 5.74) is 0. The van der Waals surface area contributed by atoms with Gasteiger partial charge in [-0.3, -0.25) is 0 Å². The standard InChI is InChI=1S/C7H13NO/c1-6(9-2)7-4-3-5-8-7/h7-8H,1,3-5H2,2H3. The molecule has 9 heavy (non-hydrogen) atoms. The number of ether oxygens (including phenoxy) is 1. The van der Waals surface area contributed by atoms with Gasteiger partial charge in [0.2, 0.25) is 0 Å². The number of hydrogen-bond acceptors (Lipinski definition) is 2. The average Bonchev–Trinajstić information content (AvgIpc) is 2.37. The van der Waals surface area contributed by atoms with Crippen LogP contribution >= 0.6 is 0 Å². The van der Waals surface area contributed by atoms with Crippen LogP contribution in [0.15, 0.2) is 12.3 Å². The van der Waals surface area contributed by atoms with Gasteiger partial charge in [-0.25, -0.2) is 0 Å². The average molecular weight is 127 g/mol. The second-order valence-electron chi connectivity index (χ2n) is 2.32. The number of nitrogens with one attached hydrogen (secondary N) is 1. The Hall–Kier alpha value is -0.500. The summed E-state index contributed by atoms with van der Waals surface area (Å²) in [6, 6.07) is 0.412. The maximum Gasteiger partial charge on any atom is 0.105 e. The van der Waals surface area contributed by atoms with E-state index in [1.807, 2.05) is 0 Å². The van der Waals surface area contributed by atoms with Crippen LogP contribution in [0.4, 0.5) is 0 Å². The minimum Gasteiger partial charge on any atom is -0.500 e. The predicted octanol–water partition coefficient (Wildman–Crippen LogP) is 0.898. The Labute approximate surface area is 55.9 Å². The molecule has 1 atom stereocenters. The summed E-state index contributed by atoms with van der Waals surface area (Å²) >= 11 is 0. The second kappa shape index (κ2) is 2.87. The zero-order chi connectivity index (χ0) is 6.69. The Morgan fingerprint density at radius 1 is 1.78 bits per heavy atom. The number of methoxy groups -OCH3 is 1. The molecule has 1 rings (SSSR count). The summed E-state index contributed by atoms with van der Waals surface area (Å²) < 4.78 is 4.98. The van der Waals surface area contributed by atoms with Crippen LogP contribution in [0, 0.1) is 0 Å². The summed E-state index contributed by atoms with van der Waals surface area (Å²) in [7, 11) is 1.67. The molecule has 1 N–H and O–H groups in total. The smallest absolute Gasteiger partial charge is 0.105 e. The van der Waals surface area contributed by atoms with Crippen LogP contribution in [-0.4, -0.2) is 19.7 Å². The second-order valence-corrected chi connectivity index (χ2v) is 2.32. The largest absolute Gasteiger partial charge is 0.500 e. The lowest BCUT2D eigenvalue weighted by Gasteiger charge is -2.10. The van der Waals surface area contributed by atoms with Crippen molar-refractivity contribution in [2.24, 2.45) is 0 Å². The van der Waals surface area contributed by atoms with Gasteiger partial charge in [-0.1, -0.05) is 6.58 Å². The van der Waals surface area contributed by atoms with E-state index in [9.17, 15) is 0 Å². The van der Waals surface area contributed by atoms with E-state index >= 15 is 0 Å². The van der Waals surface area contributed by atoms with Gasteiger partial charge in [-0.2, -0.15) is 0 Å². The monoisotopic (exact) mass is 127 g/mol. The molecule has 1 aliphatic rings. The van der Waals surface area contributed by atoms with Gasteiger partial charge < -0.3 is 10.1 Å². The maximum absolute atomic E-state index is 4.98. The quantitative estimate of drug-likeness (QED) is 0.556. The van der Waals surface area contributed by atoms with Gasteiger partial charge in [-0.15, -0.1) is 0 Å². The molecular weight excluding hydrogens is 114 g/mol. The molecule has 1 heterocycles. The molecule has 1 saturated heterocycles. The zero-order valence-electron chi connectivity index (χ0n) is 5.81. The molecule has 1 aliphatic heterocycles. The van der Waals surface area contributed by atoms with Crippen LogP contribution in [0.3, 0.4) is 0 Å². The van der Waals surface area contributed by atoms with Crippen molar-refractivity contribution >= 4 is 0 Å². The molecule has 0 amide bonds. The third-order valence-corrected chi connectivity index (χ3v) is 1.71. The highest BCUT2D eigenvalue weighted by Crippen LogP contribution is 2.12. The van der Waals surface area contributed by atoms with E-state index in [1.165, 1.54) is 12.8 Å². The summed E-state index contributed by atoms with van der Waals surface area (Å²) in [5.74, 6) is 0.868. The Morgan fingerprint density at radius 3 is 3.00 bits per heavy atom. The van der Waals surface area contributed by atoms with E-state index in [1.54, 1.807) is 7.11 Å². The van der Waals surface area contributed by atoms with Crippen molar-refractivity contribution in [1.82, 2.24) is 5.32 Å². The van der Waals surface area contributed by atoms with Gasteiger partial charge >= 0.3 is 0 Å². The molecule has 52 valence electrons. The van der Waals surface area contributed by atoms with Crippen molar-refractivity contribution in [3.05, 3.63) is 12.3 Å². The first kappa shape index (κ1) is 6.62. The zero-order valence-corrected chi connectivity index (χ0v) is 5.81. The van der Waals surface area contributed by atoms with Gasteiger partial charge in [0.25, 0.3) is 0 Å². The summed E-state index contributed by atoms with van der Waals surface area (Å²) in [6.07, 6.45) is 2.42. The van der Waals surface area contributed by atoms with Crippen LogP contribution < -0.4 is 5.32 Å². The van der Waals surface area contributed by atoms with Gasteiger partial charge in [0.05, 0.1) is 13.2 Å². The molecule has 2 heteroatoms. The van der Waals surface area contributed by atoms with E-state index in [0.29, 0.717) is 6.04 Å². The van der Waals surface area contributed by atoms with Crippen molar-refractivity contribution in [1.29, 1.82) is 0 Å². The van der Waals surface area contributed by atoms with Crippen LogP contribution in [-0.2, 0) is 4.74 Å². The lowest BCUT2D eigenvalue weighted by atomic mass is 10.2. The Kier molecular flexibility index (Phi) is 2.11. The lowest BCUT2D eigenvalue weighted by molar-refractivity contribution is 0.260. The molecular formula is C7H13NO. The van der Waals surface area contributed by atoms with Crippen molar-refractivity contribution in [2.75, 3.05) is 13.7 Å². The van der Waals surface area contributed by atoms with Crippen LogP contribution in [0.2, 0.25) is 0 Å². The number of hydrogen-bond donors (Lipinski definition) is 1.